The Labute approximate surface area is 139 Å². The fraction of sp³-hybridized carbons (Fsp3) is 0.467. The van der Waals surface area contributed by atoms with Crippen LogP contribution in [0.1, 0.15) is 25.3 Å². The van der Waals surface area contributed by atoms with Crippen molar-refractivity contribution in [3.8, 4) is 0 Å². The van der Waals surface area contributed by atoms with Crippen LogP contribution in [0.25, 0.3) is 0 Å². The molecule has 1 N–H and O–H groups in total. The van der Waals surface area contributed by atoms with Crippen molar-refractivity contribution in [3.05, 3.63) is 23.5 Å². The molecule has 2 aliphatic heterocycles. The van der Waals surface area contributed by atoms with E-state index in [1.165, 1.54) is 11.0 Å². The van der Waals surface area contributed by atoms with Gasteiger partial charge in [-0.15, -0.1) is 0 Å². The van der Waals surface area contributed by atoms with Crippen LogP contribution in [-0.2, 0) is 26.0 Å². The Balaban J connectivity index is 1.91. The fourth-order valence-corrected chi connectivity index (χ4v) is 4.39. The fourth-order valence-electron chi connectivity index (χ4n) is 2.90. The predicted octanol–water partition coefficient (Wildman–Crippen LogP) is 0.911. The maximum absolute atomic E-state index is 14.3. The third-order valence-corrected chi connectivity index (χ3v) is 6.12. The van der Waals surface area contributed by atoms with Crippen molar-refractivity contribution in [2.24, 2.45) is 0 Å². The molecule has 0 radical (unpaired) electrons. The number of carbonyl (C=O) groups is 2. The molecular weight excluding hydrogens is 337 g/mol. The number of benzene rings is 1. The smallest absolute Gasteiger partial charge is 0.247 e. The molecule has 2 aliphatic rings. The van der Waals surface area contributed by atoms with Gasteiger partial charge in [0.05, 0.1) is 6.67 Å². The first-order chi connectivity index (χ1) is 11.3. The van der Waals surface area contributed by atoms with E-state index in [-0.39, 0.29) is 31.4 Å². The Hall–Kier alpha value is -2.00. The van der Waals surface area contributed by atoms with Crippen molar-refractivity contribution in [2.45, 2.75) is 31.1 Å². The molecule has 1 fully saturated rings. The molecule has 0 aliphatic carbocycles. The molecule has 0 saturated carbocycles. The Morgan fingerprint density at radius 1 is 1.29 bits per heavy atom. The van der Waals surface area contributed by atoms with E-state index in [9.17, 15) is 22.4 Å². The van der Waals surface area contributed by atoms with Crippen LogP contribution in [0.5, 0.6) is 0 Å². The highest BCUT2D eigenvalue weighted by Crippen LogP contribution is 2.30. The number of nitrogens with one attached hydrogen (secondary N) is 1. The predicted molar refractivity (Wildman–Crippen MR) is 84.1 cm³/mol. The number of aryl methyl sites for hydroxylation is 1. The summed E-state index contributed by atoms with van der Waals surface area (Å²) in [6, 6.07) is 2.33. The van der Waals surface area contributed by atoms with E-state index in [4.69, 9.17) is 0 Å². The van der Waals surface area contributed by atoms with Crippen LogP contribution in [0.15, 0.2) is 17.0 Å². The van der Waals surface area contributed by atoms with Gasteiger partial charge in [-0.2, -0.15) is 4.31 Å². The molecule has 9 heteroatoms. The molecule has 1 saturated heterocycles. The maximum Gasteiger partial charge on any atom is 0.247 e. The van der Waals surface area contributed by atoms with Gasteiger partial charge in [0, 0.05) is 31.6 Å². The van der Waals surface area contributed by atoms with E-state index < -0.39 is 20.7 Å². The highest BCUT2D eigenvalue weighted by Gasteiger charge is 2.35. The molecule has 0 bridgehead atoms. The normalized spacial score (nSPS) is 18.4. The topological polar surface area (TPSA) is 86.8 Å². The van der Waals surface area contributed by atoms with E-state index in [0.29, 0.717) is 30.6 Å². The second-order valence-corrected chi connectivity index (χ2v) is 7.73. The van der Waals surface area contributed by atoms with Gasteiger partial charge in [0.1, 0.15) is 10.7 Å². The summed E-state index contributed by atoms with van der Waals surface area (Å²) in [5.41, 5.74) is 0.905. The Morgan fingerprint density at radius 2 is 2.04 bits per heavy atom. The largest absolute Gasteiger partial charge is 0.327 e. The highest BCUT2D eigenvalue weighted by atomic mass is 32.2. The van der Waals surface area contributed by atoms with E-state index in [1.54, 1.807) is 6.92 Å². The monoisotopic (exact) mass is 355 g/mol. The first kappa shape index (κ1) is 16.8. The van der Waals surface area contributed by atoms with Crippen molar-refractivity contribution in [1.29, 1.82) is 0 Å². The number of amides is 2. The van der Waals surface area contributed by atoms with Crippen molar-refractivity contribution in [1.82, 2.24) is 9.21 Å². The third-order valence-electron chi connectivity index (χ3n) is 4.27. The minimum Gasteiger partial charge on any atom is -0.327 e. The molecule has 0 spiro atoms. The van der Waals surface area contributed by atoms with E-state index in [0.717, 1.165) is 10.4 Å². The zero-order valence-electron chi connectivity index (χ0n) is 13.2. The van der Waals surface area contributed by atoms with Gasteiger partial charge in [-0.3, -0.25) is 9.59 Å². The number of fused-ring (bicyclic) bond motifs is 1. The van der Waals surface area contributed by atoms with Gasteiger partial charge >= 0.3 is 0 Å². The molecule has 3 rings (SSSR count). The van der Waals surface area contributed by atoms with Crippen LogP contribution in [0.2, 0.25) is 0 Å². The SMILES string of the molecule is CCC(=O)N1CCN(S(=O)(=O)c2cc3c(cc2F)NC(=O)CC3)C1. The average Bonchev–Trinajstić information content (AvgIpc) is 3.04. The molecule has 0 unspecified atom stereocenters. The summed E-state index contributed by atoms with van der Waals surface area (Å²) >= 11 is 0. The minimum atomic E-state index is -4.04. The molecule has 0 atom stereocenters. The summed E-state index contributed by atoms with van der Waals surface area (Å²) in [5.74, 6) is -1.26. The lowest BCUT2D eigenvalue weighted by Crippen LogP contribution is -2.34. The van der Waals surface area contributed by atoms with Crippen molar-refractivity contribution in [2.75, 3.05) is 25.1 Å². The molecular formula is C15H18FN3O4S. The zero-order valence-corrected chi connectivity index (χ0v) is 14.0. The van der Waals surface area contributed by atoms with Gasteiger partial charge in [0.2, 0.25) is 21.8 Å². The number of sulfonamides is 1. The van der Waals surface area contributed by atoms with Gasteiger partial charge in [0.15, 0.2) is 0 Å². The first-order valence-electron chi connectivity index (χ1n) is 7.73. The lowest BCUT2D eigenvalue weighted by molar-refractivity contribution is -0.130. The molecule has 7 nitrogen and oxygen atoms in total. The Kier molecular flexibility index (Phi) is 4.31. The van der Waals surface area contributed by atoms with Gasteiger partial charge in [-0.05, 0) is 24.1 Å². The Bertz CT molecular complexity index is 809. The van der Waals surface area contributed by atoms with Crippen LogP contribution in [0, 0.1) is 5.82 Å². The van der Waals surface area contributed by atoms with E-state index in [2.05, 4.69) is 5.32 Å². The molecule has 0 aromatic heterocycles. The van der Waals surface area contributed by atoms with E-state index >= 15 is 0 Å². The summed E-state index contributed by atoms with van der Waals surface area (Å²) in [4.78, 5) is 24.1. The number of carbonyl (C=O) groups excluding carboxylic acids is 2. The van der Waals surface area contributed by atoms with Crippen LogP contribution in [0.4, 0.5) is 10.1 Å². The van der Waals surface area contributed by atoms with Gasteiger partial charge in [-0.25, -0.2) is 12.8 Å². The van der Waals surface area contributed by atoms with Gasteiger partial charge < -0.3 is 10.2 Å². The number of hydrogen-bond acceptors (Lipinski definition) is 4. The summed E-state index contributed by atoms with van der Waals surface area (Å²) in [7, 11) is -4.04. The lowest BCUT2D eigenvalue weighted by Gasteiger charge is -2.21. The van der Waals surface area contributed by atoms with Crippen LogP contribution < -0.4 is 5.32 Å². The quantitative estimate of drug-likeness (QED) is 0.873. The molecule has 130 valence electrons. The van der Waals surface area contributed by atoms with Crippen LogP contribution in [-0.4, -0.2) is 49.2 Å². The second-order valence-electron chi connectivity index (χ2n) is 5.82. The lowest BCUT2D eigenvalue weighted by atomic mass is 10.0. The third kappa shape index (κ3) is 2.89. The number of hydrogen-bond donors (Lipinski definition) is 1. The summed E-state index contributed by atoms with van der Waals surface area (Å²) in [6.45, 7) is 2.08. The number of halogens is 1. The van der Waals surface area contributed by atoms with Crippen molar-refractivity contribution in [3.63, 3.8) is 0 Å². The second kappa shape index (κ2) is 6.14. The highest BCUT2D eigenvalue weighted by molar-refractivity contribution is 7.89. The molecule has 24 heavy (non-hydrogen) atoms. The van der Waals surface area contributed by atoms with Crippen LogP contribution >= 0.6 is 0 Å². The summed E-state index contributed by atoms with van der Waals surface area (Å²) in [5, 5.41) is 2.54. The summed E-state index contributed by atoms with van der Waals surface area (Å²) in [6.07, 6.45) is 0.895. The van der Waals surface area contributed by atoms with Crippen molar-refractivity contribution >= 4 is 27.5 Å². The van der Waals surface area contributed by atoms with Gasteiger partial charge in [0.25, 0.3) is 0 Å². The summed E-state index contributed by atoms with van der Waals surface area (Å²) < 4.78 is 40.9. The molecule has 1 aromatic carbocycles. The maximum atomic E-state index is 14.3. The minimum absolute atomic E-state index is 0.0672. The molecule has 2 heterocycles. The average molecular weight is 355 g/mol. The van der Waals surface area contributed by atoms with Crippen molar-refractivity contribution < 1.29 is 22.4 Å². The molecule has 2 amide bonds. The van der Waals surface area contributed by atoms with E-state index in [1.807, 2.05) is 0 Å². The first-order valence-corrected chi connectivity index (χ1v) is 9.17. The standard InChI is InChI=1S/C15H18FN3O4S/c1-2-15(21)18-5-6-19(9-18)24(22,23)13-7-10-3-4-14(20)17-12(10)8-11(13)16/h7-8H,2-6,9H2,1H3,(H,17,20). The number of anilines is 1. The Morgan fingerprint density at radius 3 is 2.75 bits per heavy atom. The van der Waals surface area contributed by atoms with Crippen LogP contribution in [0.3, 0.4) is 0 Å². The zero-order chi connectivity index (χ0) is 17.5. The van der Waals surface area contributed by atoms with Gasteiger partial charge in [-0.1, -0.05) is 6.92 Å². The number of rotatable bonds is 3. The molecule has 1 aromatic rings. The number of nitrogens with zero attached hydrogens (tertiary/aromatic N) is 2.